The smallest absolute Gasteiger partial charge is 0.220 e. The maximum Gasteiger partial charge on any atom is 0.220 e. The molecule has 1 N–H and O–H groups in total. The van der Waals surface area contributed by atoms with E-state index in [0.717, 1.165) is 0 Å². The standard InChI is InChI=1S/C9H12N2O4S/c1-15-9-6-4-16(13,14)5-7(6)10-8(11-9)2-3-12/h12H,2-5H2,1H3. The molecule has 1 aromatic heterocycles. The first kappa shape index (κ1) is 11.3. The molecule has 0 atom stereocenters. The van der Waals surface area contributed by atoms with Gasteiger partial charge in [0.1, 0.15) is 5.82 Å². The molecule has 6 nitrogen and oxygen atoms in total. The highest BCUT2D eigenvalue weighted by Gasteiger charge is 2.30. The molecule has 0 unspecified atom stereocenters. The molecule has 16 heavy (non-hydrogen) atoms. The van der Waals surface area contributed by atoms with Crippen LogP contribution in [-0.2, 0) is 27.8 Å². The molecule has 88 valence electrons. The van der Waals surface area contributed by atoms with Crippen molar-refractivity contribution in [2.75, 3.05) is 13.7 Å². The number of aromatic nitrogens is 2. The lowest BCUT2D eigenvalue weighted by Gasteiger charge is -2.06. The Hall–Kier alpha value is -1.21. The van der Waals surface area contributed by atoms with E-state index in [1.165, 1.54) is 7.11 Å². The normalized spacial score (nSPS) is 17.1. The minimum Gasteiger partial charge on any atom is -0.481 e. The maximum atomic E-state index is 11.5. The van der Waals surface area contributed by atoms with Gasteiger partial charge in [-0.25, -0.2) is 13.4 Å². The lowest BCUT2D eigenvalue weighted by Crippen LogP contribution is -2.05. The van der Waals surface area contributed by atoms with E-state index < -0.39 is 9.84 Å². The van der Waals surface area contributed by atoms with Crippen molar-refractivity contribution in [3.8, 4) is 5.88 Å². The summed E-state index contributed by atoms with van der Waals surface area (Å²) in [7, 11) is -1.67. The summed E-state index contributed by atoms with van der Waals surface area (Å²) in [6, 6.07) is 0. The van der Waals surface area contributed by atoms with Gasteiger partial charge in [-0.1, -0.05) is 0 Å². The van der Waals surface area contributed by atoms with Crippen LogP contribution in [0.5, 0.6) is 5.88 Å². The van der Waals surface area contributed by atoms with Gasteiger partial charge in [-0.15, -0.1) is 0 Å². The molecular weight excluding hydrogens is 232 g/mol. The molecule has 0 aliphatic carbocycles. The van der Waals surface area contributed by atoms with E-state index in [-0.39, 0.29) is 18.1 Å². The summed E-state index contributed by atoms with van der Waals surface area (Å²) in [5.41, 5.74) is 1.04. The van der Waals surface area contributed by atoms with Gasteiger partial charge in [-0.3, -0.25) is 0 Å². The summed E-state index contributed by atoms with van der Waals surface area (Å²) in [4.78, 5) is 8.18. The van der Waals surface area contributed by atoms with Crippen LogP contribution in [0, 0.1) is 0 Å². The van der Waals surface area contributed by atoms with Gasteiger partial charge in [0.25, 0.3) is 0 Å². The molecule has 0 spiro atoms. The monoisotopic (exact) mass is 244 g/mol. The zero-order chi connectivity index (χ0) is 11.8. The fourth-order valence-corrected chi connectivity index (χ4v) is 3.17. The molecule has 0 amide bonds. The van der Waals surface area contributed by atoms with Gasteiger partial charge < -0.3 is 9.84 Å². The lowest BCUT2D eigenvalue weighted by molar-refractivity contribution is 0.295. The van der Waals surface area contributed by atoms with Crippen molar-refractivity contribution < 1.29 is 18.3 Å². The quantitative estimate of drug-likeness (QED) is 0.767. The van der Waals surface area contributed by atoms with Gasteiger partial charge in [0.2, 0.25) is 5.88 Å². The second kappa shape index (κ2) is 3.99. The molecule has 0 bridgehead atoms. The van der Waals surface area contributed by atoms with Crippen molar-refractivity contribution in [3.63, 3.8) is 0 Å². The molecule has 2 heterocycles. The number of aliphatic hydroxyl groups is 1. The summed E-state index contributed by atoms with van der Waals surface area (Å²) >= 11 is 0. The van der Waals surface area contributed by atoms with Gasteiger partial charge in [0, 0.05) is 6.42 Å². The zero-order valence-electron chi connectivity index (χ0n) is 8.80. The van der Waals surface area contributed by atoms with Gasteiger partial charge in [0.05, 0.1) is 36.5 Å². The highest BCUT2D eigenvalue weighted by Crippen LogP contribution is 2.29. The number of hydrogen-bond acceptors (Lipinski definition) is 6. The van der Waals surface area contributed by atoms with Crippen LogP contribution in [0.15, 0.2) is 0 Å². The molecular formula is C9H12N2O4S. The van der Waals surface area contributed by atoms with Crippen molar-refractivity contribution in [2.24, 2.45) is 0 Å². The summed E-state index contributed by atoms with van der Waals surface area (Å²) in [6.07, 6.45) is 0.295. The van der Waals surface area contributed by atoms with E-state index in [1.54, 1.807) is 0 Å². The Morgan fingerprint density at radius 1 is 1.38 bits per heavy atom. The Morgan fingerprint density at radius 2 is 2.12 bits per heavy atom. The van der Waals surface area contributed by atoms with E-state index in [2.05, 4.69) is 9.97 Å². The van der Waals surface area contributed by atoms with Crippen LogP contribution in [0.2, 0.25) is 0 Å². The first-order valence-electron chi connectivity index (χ1n) is 4.79. The van der Waals surface area contributed by atoms with Crippen molar-refractivity contribution in [2.45, 2.75) is 17.9 Å². The summed E-state index contributed by atoms with van der Waals surface area (Å²) in [6.45, 7) is -0.0747. The molecule has 7 heteroatoms. The van der Waals surface area contributed by atoms with E-state index in [9.17, 15) is 8.42 Å². The predicted octanol–water partition coefficient (Wildman–Crippen LogP) is -0.552. The Bertz CT molecular complexity index is 512. The molecule has 0 saturated heterocycles. The van der Waals surface area contributed by atoms with Crippen LogP contribution in [-0.4, -0.2) is 37.2 Å². The van der Waals surface area contributed by atoms with Crippen LogP contribution in [0.3, 0.4) is 0 Å². The zero-order valence-corrected chi connectivity index (χ0v) is 9.62. The lowest BCUT2D eigenvalue weighted by atomic mass is 10.2. The third kappa shape index (κ3) is 2.00. The van der Waals surface area contributed by atoms with Gasteiger partial charge in [-0.2, -0.15) is 4.98 Å². The van der Waals surface area contributed by atoms with E-state index >= 15 is 0 Å². The fraction of sp³-hybridized carbons (Fsp3) is 0.556. The van der Waals surface area contributed by atoms with E-state index in [4.69, 9.17) is 9.84 Å². The highest BCUT2D eigenvalue weighted by molar-refractivity contribution is 7.90. The Kier molecular flexibility index (Phi) is 2.81. The minimum absolute atomic E-state index is 0.0646. The second-order valence-electron chi connectivity index (χ2n) is 3.58. The molecule has 1 aliphatic rings. The number of fused-ring (bicyclic) bond motifs is 1. The topological polar surface area (TPSA) is 89.4 Å². The first-order chi connectivity index (χ1) is 7.55. The van der Waals surface area contributed by atoms with Crippen molar-refractivity contribution in [1.29, 1.82) is 0 Å². The molecule has 1 aliphatic heterocycles. The van der Waals surface area contributed by atoms with Crippen LogP contribution < -0.4 is 4.74 Å². The number of hydrogen-bond donors (Lipinski definition) is 1. The van der Waals surface area contributed by atoms with Gasteiger partial charge in [-0.05, 0) is 0 Å². The first-order valence-corrected chi connectivity index (χ1v) is 6.62. The number of methoxy groups -OCH3 is 1. The van der Waals surface area contributed by atoms with E-state index in [0.29, 0.717) is 29.4 Å². The number of sulfone groups is 1. The molecule has 0 fully saturated rings. The van der Waals surface area contributed by atoms with Crippen molar-refractivity contribution in [3.05, 3.63) is 17.1 Å². The maximum absolute atomic E-state index is 11.5. The molecule has 1 aromatic rings. The van der Waals surface area contributed by atoms with Crippen LogP contribution in [0.1, 0.15) is 17.1 Å². The second-order valence-corrected chi connectivity index (χ2v) is 5.64. The Balaban J connectivity index is 2.49. The largest absolute Gasteiger partial charge is 0.481 e. The number of aliphatic hydroxyl groups excluding tert-OH is 1. The average molecular weight is 244 g/mol. The summed E-state index contributed by atoms with van der Waals surface area (Å²) < 4.78 is 27.9. The number of rotatable bonds is 3. The number of nitrogens with zero attached hydrogens (tertiary/aromatic N) is 2. The number of ether oxygens (including phenoxy) is 1. The van der Waals surface area contributed by atoms with Crippen LogP contribution in [0.4, 0.5) is 0 Å². The SMILES string of the molecule is COc1nc(CCO)nc2c1CS(=O)(=O)C2. The summed E-state index contributed by atoms with van der Waals surface area (Å²) in [5, 5.41) is 8.80. The van der Waals surface area contributed by atoms with Crippen molar-refractivity contribution in [1.82, 2.24) is 9.97 Å². The Labute approximate surface area is 93.2 Å². The third-order valence-corrected chi connectivity index (χ3v) is 3.79. The fourth-order valence-electron chi connectivity index (χ4n) is 1.68. The summed E-state index contributed by atoms with van der Waals surface area (Å²) in [5.74, 6) is 0.578. The van der Waals surface area contributed by atoms with Crippen LogP contribution >= 0.6 is 0 Å². The Morgan fingerprint density at radius 3 is 2.75 bits per heavy atom. The molecule has 0 radical (unpaired) electrons. The van der Waals surface area contributed by atoms with Crippen LogP contribution in [0.25, 0.3) is 0 Å². The van der Waals surface area contributed by atoms with Gasteiger partial charge >= 0.3 is 0 Å². The minimum atomic E-state index is -3.11. The third-order valence-electron chi connectivity index (χ3n) is 2.35. The predicted molar refractivity (Wildman–Crippen MR) is 55.7 cm³/mol. The van der Waals surface area contributed by atoms with Gasteiger partial charge in [0.15, 0.2) is 9.84 Å². The molecule has 2 rings (SSSR count). The average Bonchev–Trinajstić information content (AvgIpc) is 2.51. The molecule has 0 saturated carbocycles. The van der Waals surface area contributed by atoms with Crippen molar-refractivity contribution >= 4 is 9.84 Å². The molecule has 0 aromatic carbocycles. The van der Waals surface area contributed by atoms with E-state index in [1.807, 2.05) is 0 Å². The highest BCUT2D eigenvalue weighted by atomic mass is 32.2.